The van der Waals surface area contributed by atoms with Gasteiger partial charge in [-0.2, -0.15) is 0 Å². The van der Waals surface area contributed by atoms with Crippen molar-refractivity contribution >= 4 is 33.2 Å². The van der Waals surface area contributed by atoms with Crippen molar-refractivity contribution in [3.05, 3.63) is 53.6 Å². The highest BCUT2D eigenvalue weighted by atomic mass is 32.2. The molecule has 1 unspecified atom stereocenters. The Kier molecular flexibility index (Phi) is 4.09. The quantitative estimate of drug-likeness (QED) is 0.614. The molecule has 1 atom stereocenters. The summed E-state index contributed by atoms with van der Waals surface area (Å²) in [6.07, 6.45) is 3.37. The maximum Gasteiger partial charge on any atom is 0.231 e. The van der Waals surface area contributed by atoms with Crippen LogP contribution in [0, 0.1) is 0 Å². The van der Waals surface area contributed by atoms with E-state index in [9.17, 15) is 5.11 Å². The van der Waals surface area contributed by atoms with Crippen molar-refractivity contribution in [3.8, 4) is 0 Å². The van der Waals surface area contributed by atoms with E-state index >= 15 is 0 Å². The SMILES string of the molecule is O=C[SH](=O)=O.OC1C=Cc2cccc3cccc1c23. The minimum atomic E-state index is -2.78. The molecule has 0 saturated heterocycles. The van der Waals surface area contributed by atoms with Gasteiger partial charge < -0.3 is 5.11 Å². The molecule has 0 fully saturated rings. The zero-order valence-corrected chi connectivity index (χ0v) is 10.8. The first-order valence-corrected chi connectivity index (χ1v) is 6.85. The second kappa shape index (κ2) is 5.77. The van der Waals surface area contributed by atoms with Crippen LogP contribution in [0.4, 0.5) is 0 Å². The lowest BCUT2D eigenvalue weighted by Crippen LogP contribution is -1.99. The second-order valence-corrected chi connectivity index (χ2v) is 4.77. The molecule has 1 aliphatic carbocycles. The van der Waals surface area contributed by atoms with Crippen LogP contribution in [0.1, 0.15) is 17.2 Å². The average molecular weight is 276 g/mol. The fraction of sp³-hybridized carbons (Fsp3) is 0.0714. The highest BCUT2D eigenvalue weighted by molar-refractivity contribution is 7.86. The Morgan fingerprint density at radius 1 is 1.11 bits per heavy atom. The molecule has 5 heteroatoms. The first-order valence-electron chi connectivity index (χ1n) is 5.60. The van der Waals surface area contributed by atoms with E-state index in [-0.39, 0.29) is 5.62 Å². The van der Waals surface area contributed by atoms with Crippen LogP contribution in [0.2, 0.25) is 0 Å². The molecule has 0 radical (unpaired) electrons. The minimum absolute atomic E-state index is 0.130. The summed E-state index contributed by atoms with van der Waals surface area (Å²) in [5.41, 5.74) is 2.08. The Hall–Kier alpha value is -1.98. The number of hydrogen-bond acceptors (Lipinski definition) is 4. The number of thiol groups is 1. The van der Waals surface area contributed by atoms with Gasteiger partial charge in [-0.05, 0) is 21.9 Å². The summed E-state index contributed by atoms with van der Waals surface area (Å²) in [4.78, 5) is 8.91. The lowest BCUT2D eigenvalue weighted by molar-refractivity contribution is 0.230. The number of aliphatic hydroxyl groups excluding tert-OH is 1. The van der Waals surface area contributed by atoms with Gasteiger partial charge in [0.2, 0.25) is 5.62 Å². The zero-order chi connectivity index (χ0) is 13.8. The monoisotopic (exact) mass is 276 g/mol. The minimum Gasteiger partial charge on any atom is -0.384 e. The topological polar surface area (TPSA) is 71.4 Å². The first kappa shape index (κ1) is 13.5. The molecule has 4 nitrogen and oxygen atoms in total. The van der Waals surface area contributed by atoms with Crippen molar-refractivity contribution in [2.45, 2.75) is 6.10 Å². The standard InChI is InChI=1S/C13H10O.CH2O3S/c14-12-8-7-10-4-1-3-9-5-2-6-11(12)13(9)10;2-1-5(3)4/h1-8,12,14H;1,5H. The number of carbonyl (C=O) groups is 1. The van der Waals surface area contributed by atoms with E-state index in [1.807, 2.05) is 30.4 Å². The largest absolute Gasteiger partial charge is 0.384 e. The molecular formula is C14H12O4S. The van der Waals surface area contributed by atoms with Crippen molar-refractivity contribution in [1.29, 1.82) is 0 Å². The van der Waals surface area contributed by atoms with Crippen LogP contribution in [0.15, 0.2) is 42.5 Å². The van der Waals surface area contributed by atoms with Crippen LogP contribution in [0.5, 0.6) is 0 Å². The third-order valence-corrected chi connectivity index (χ3v) is 3.00. The summed E-state index contributed by atoms with van der Waals surface area (Å²) in [6.45, 7) is 0. The van der Waals surface area contributed by atoms with Gasteiger partial charge in [0.05, 0.1) is 6.10 Å². The zero-order valence-electron chi connectivity index (χ0n) is 9.89. The normalized spacial score (nSPS) is 16.0. The Morgan fingerprint density at radius 3 is 2.37 bits per heavy atom. The van der Waals surface area contributed by atoms with E-state index in [1.54, 1.807) is 0 Å². The maximum atomic E-state index is 9.79. The summed E-state index contributed by atoms with van der Waals surface area (Å²) in [6, 6.07) is 12.3. The van der Waals surface area contributed by atoms with E-state index in [1.165, 1.54) is 16.3 Å². The molecular weight excluding hydrogens is 264 g/mol. The van der Waals surface area contributed by atoms with Gasteiger partial charge in [-0.25, -0.2) is 8.42 Å². The van der Waals surface area contributed by atoms with Gasteiger partial charge in [0.25, 0.3) is 0 Å². The summed E-state index contributed by atoms with van der Waals surface area (Å²) >= 11 is 0. The molecule has 1 aliphatic rings. The van der Waals surface area contributed by atoms with Crippen LogP contribution in [0.3, 0.4) is 0 Å². The maximum absolute atomic E-state index is 9.79. The van der Waals surface area contributed by atoms with Gasteiger partial charge in [-0.3, -0.25) is 4.79 Å². The van der Waals surface area contributed by atoms with Crippen LogP contribution in [-0.2, 0) is 15.5 Å². The van der Waals surface area contributed by atoms with Crippen LogP contribution < -0.4 is 0 Å². The molecule has 19 heavy (non-hydrogen) atoms. The number of carbonyl (C=O) groups excluding carboxylic acids is 1. The summed E-state index contributed by atoms with van der Waals surface area (Å²) in [5.74, 6) is 0. The predicted molar refractivity (Wildman–Crippen MR) is 75.0 cm³/mol. The van der Waals surface area contributed by atoms with Crippen molar-refractivity contribution in [2.24, 2.45) is 0 Å². The van der Waals surface area contributed by atoms with Crippen molar-refractivity contribution in [2.75, 3.05) is 0 Å². The summed E-state index contributed by atoms with van der Waals surface area (Å²) in [5, 5.41) is 12.2. The molecule has 0 aliphatic heterocycles. The predicted octanol–water partition coefficient (Wildman–Crippen LogP) is 1.69. The number of hydrogen-bond donors (Lipinski definition) is 2. The fourth-order valence-corrected chi connectivity index (χ4v) is 2.08. The highest BCUT2D eigenvalue weighted by Gasteiger charge is 2.13. The van der Waals surface area contributed by atoms with Gasteiger partial charge in [0.1, 0.15) is 0 Å². The third-order valence-electron chi connectivity index (χ3n) is 2.83. The Morgan fingerprint density at radius 2 is 1.74 bits per heavy atom. The van der Waals surface area contributed by atoms with E-state index in [0.29, 0.717) is 0 Å². The van der Waals surface area contributed by atoms with E-state index in [2.05, 4.69) is 18.2 Å². The summed E-state index contributed by atoms with van der Waals surface area (Å²) in [7, 11) is -2.78. The average Bonchev–Trinajstić information content (AvgIpc) is 2.44. The van der Waals surface area contributed by atoms with Crippen LogP contribution >= 0.6 is 0 Å². The molecule has 1 N–H and O–H groups in total. The number of aliphatic hydroxyl groups is 1. The fourth-order valence-electron chi connectivity index (χ4n) is 2.08. The lowest BCUT2D eigenvalue weighted by atomic mass is 9.92. The van der Waals surface area contributed by atoms with Gasteiger partial charge in [-0.1, -0.05) is 48.6 Å². The van der Waals surface area contributed by atoms with Gasteiger partial charge in [-0.15, -0.1) is 0 Å². The molecule has 3 rings (SSSR count). The Bertz CT molecular complexity index is 703. The molecule has 0 spiro atoms. The smallest absolute Gasteiger partial charge is 0.231 e. The number of rotatable bonds is 1. The molecule has 98 valence electrons. The van der Waals surface area contributed by atoms with Gasteiger partial charge in [0, 0.05) is 0 Å². The Balaban J connectivity index is 0.000000232. The van der Waals surface area contributed by atoms with Crippen molar-refractivity contribution < 1.29 is 18.3 Å². The molecule has 0 bridgehead atoms. The van der Waals surface area contributed by atoms with E-state index in [4.69, 9.17) is 13.2 Å². The summed E-state index contributed by atoms with van der Waals surface area (Å²) < 4.78 is 18.1. The Labute approximate surface area is 111 Å². The van der Waals surface area contributed by atoms with Crippen LogP contribution in [-0.4, -0.2) is 19.1 Å². The van der Waals surface area contributed by atoms with Gasteiger partial charge in [0.15, 0.2) is 10.7 Å². The molecule has 0 amide bonds. The first-order chi connectivity index (χ1) is 9.13. The van der Waals surface area contributed by atoms with Crippen molar-refractivity contribution in [1.82, 2.24) is 0 Å². The molecule has 0 heterocycles. The molecule has 2 aromatic rings. The number of benzene rings is 2. The van der Waals surface area contributed by atoms with Crippen LogP contribution in [0.25, 0.3) is 16.8 Å². The van der Waals surface area contributed by atoms with E-state index in [0.717, 1.165) is 5.56 Å². The second-order valence-electron chi connectivity index (χ2n) is 3.99. The molecule has 0 saturated carbocycles. The highest BCUT2D eigenvalue weighted by Crippen LogP contribution is 2.32. The van der Waals surface area contributed by atoms with E-state index < -0.39 is 16.8 Å². The lowest BCUT2D eigenvalue weighted by Gasteiger charge is -2.16. The molecule has 0 aromatic heterocycles. The third kappa shape index (κ3) is 2.89. The molecule has 2 aromatic carbocycles. The van der Waals surface area contributed by atoms with Gasteiger partial charge >= 0.3 is 0 Å². The van der Waals surface area contributed by atoms with Crippen molar-refractivity contribution in [3.63, 3.8) is 0 Å².